The minimum Gasteiger partial charge on any atom is -0.550 e. The maximum Gasteiger partial charge on any atom is 2.00 e. The van der Waals surface area contributed by atoms with Crippen molar-refractivity contribution < 1.29 is 58.2 Å². The molecule has 10 heteroatoms. The Morgan fingerprint density at radius 2 is 1.04 bits per heavy atom. The summed E-state index contributed by atoms with van der Waals surface area (Å²) >= 11 is 0. The van der Waals surface area contributed by atoms with E-state index in [1.807, 2.05) is 0 Å². The molecule has 0 amide bonds. The standard InChI is InChI=1S/C14H28O2.C3HF5O2.Ni/c1-2-3-4-5-6-7-8-9-10-11-12-13-14(15)16;4-2(5,1(9)10)3(6,7)8;/h2-13H2,1H3,(H,15,16);(H,9,10);/q;;+2/p-2. The molecule has 0 N–H and O–H groups in total. The molecule has 0 heterocycles. The van der Waals surface area contributed by atoms with E-state index in [0.717, 1.165) is 12.8 Å². The number of hydrogen-bond donors (Lipinski definition) is 0. The van der Waals surface area contributed by atoms with Crippen LogP contribution in [-0.4, -0.2) is 24.0 Å². The van der Waals surface area contributed by atoms with E-state index in [2.05, 4.69) is 6.92 Å². The Morgan fingerprint density at radius 1 is 0.704 bits per heavy atom. The summed E-state index contributed by atoms with van der Waals surface area (Å²) in [5.41, 5.74) is 0. The van der Waals surface area contributed by atoms with E-state index in [-0.39, 0.29) is 22.9 Å². The van der Waals surface area contributed by atoms with Crippen LogP contribution in [0.3, 0.4) is 0 Å². The van der Waals surface area contributed by atoms with Gasteiger partial charge in [0.2, 0.25) is 0 Å². The number of rotatable bonds is 13. The Hall–Kier alpha value is -0.916. The monoisotopic (exact) mass is 448 g/mol. The summed E-state index contributed by atoms with van der Waals surface area (Å²) in [5.74, 6) is -10.1. The van der Waals surface area contributed by atoms with Crippen molar-refractivity contribution in [2.24, 2.45) is 0 Å². The SMILES string of the molecule is CCCCCCCCCCCCCC(=O)[O-].O=C([O-])C(F)(F)C(F)(F)F.[Ni+2]. The molecule has 0 spiro atoms. The van der Waals surface area contributed by atoms with Crippen molar-refractivity contribution in [2.45, 2.75) is 96.1 Å². The van der Waals surface area contributed by atoms with Gasteiger partial charge in [-0.05, 0) is 12.8 Å². The largest absolute Gasteiger partial charge is 2.00 e. The Kier molecular flexibility index (Phi) is 19.6. The number of alkyl halides is 5. The van der Waals surface area contributed by atoms with Crippen LogP contribution in [0.2, 0.25) is 0 Å². The topological polar surface area (TPSA) is 80.3 Å². The normalized spacial score (nSPS) is 11.2. The van der Waals surface area contributed by atoms with Gasteiger partial charge < -0.3 is 19.8 Å². The average Bonchev–Trinajstić information content (AvgIpc) is 2.51. The fraction of sp³-hybridized carbons (Fsp3) is 0.882. The summed E-state index contributed by atoms with van der Waals surface area (Å²) in [7, 11) is 0. The smallest absolute Gasteiger partial charge is 0.550 e. The number of halogens is 5. The first-order chi connectivity index (χ1) is 12.0. The van der Waals surface area contributed by atoms with E-state index in [9.17, 15) is 31.9 Å². The molecule has 0 aliphatic rings. The first kappa shape index (κ1) is 30.8. The van der Waals surface area contributed by atoms with Crippen LogP contribution in [0.5, 0.6) is 0 Å². The minimum atomic E-state index is -6.08. The van der Waals surface area contributed by atoms with E-state index in [1.165, 1.54) is 57.8 Å². The zero-order valence-corrected chi connectivity index (χ0v) is 16.3. The molecule has 0 saturated carbocycles. The van der Waals surface area contributed by atoms with Crippen molar-refractivity contribution in [3.05, 3.63) is 0 Å². The second-order valence-corrected chi connectivity index (χ2v) is 6.02. The minimum absolute atomic E-state index is 0. The predicted molar refractivity (Wildman–Crippen MR) is 82.1 cm³/mol. The molecule has 0 aromatic carbocycles. The van der Waals surface area contributed by atoms with Gasteiger partial charge in [0.05, 0.1) is 0 Å². The molecular weight excluding hydrogens is 422 g/mol. The molecule has 0 bridgehead atoms. The average molecular weight is 449 g/mol. The zero-order valence-electron chi connectivity index (χ0n) is 15.3. The summed E-state index contributed by atoms with van der Waals surface area (Å²) in [6.45, 7) is 2.24. The van der Waals surface area contributed by atoms with Gasteiger partial charge in [0.1, 0.15) is 5.97 Å². The molecular formula is C17H27F5NiO4. The molecule has 4 nitrogen and oxygen atoms in total. The summed E-state index contributed by atoms with van der Waals surface area (Å²) in [6, 6.07) is 0. The number of carboxylic acid groups (broad SMARTS) is 2. The van der Waals surface area contributed by atoms with Gasteiger partial charge in [-0.2, -0.15) is 22.0 Å². The third kappa shape index (κ3) is 18.2. The van der Waals surface area contributed by atoms with Crippen LogP contribution in [0.4, 0.5) is 22.0 Å². The molecule has 0 unspecified atom stereocenters. The van der Waals surface area contributed by atoms with Gasteiger partial charge in [-0.3, -0.25) is 0 Å². The second-order valence-electron chi connectivity index (χ2n) is 6.02. The summed E-state index contributed by atoms with van der Waals surface area (Å²) < 4.78 is 55.3. The molecule has 0 radical (unpaired) electrons. The van der Waals surface area contributed by atoms with Crippen molar-refractivity contribution >= 4 is 11.9 Å². The van der Waals surface area contributed by atoms with Crippen LogP contribution in [0.25, 0.3) is 0 Å². The first-order valence-corrected chi connectivity index (χ1v) is 8.82. The second kappa shape index (κ2) is 17.2. The van der Waals surface area contributed by atoms with Crippen LogP contribution in [0.1, 0.15) is 84.0 Å². The maximum absolute atomic E-state index is 11.3. The Morgan fingerprint density at radius 3 is 1.26 bits per heavy atom. The van der Waals surface area contributed by atoms with E-state index in [0.29, 0.717) is 0 Å². The van der Waals surface area contributed by atoms with E-state index < -0.39 is 24.0 Å². The molecule has 0 fully saturated rings. The van der Waals surface area contributed by atoms with Gasteiger partial charge in [-0.25, -0.2) is 0 Å². The Labute approximate surface area is 166 Å². The summed E-state index contributed by atoms with van der Waals surface area (Å²) in [6.07, 6.45) is 7.96. The van der Waals surface area contributed by atoms with Gasteiger partial charge in [0.25, 0.3) is 0 Å². The molecule has 0 aliphatic heterocycles. The van der Waals surface area contributed by atoms with Gasteiger partial charge in [-0.15, -0.1) is 0 Å². The van der Waals surface area contributed by atoms with Gasteiger partial charge >= 0.3 is 28.6 Å². The van der Waals surface area contributed by atoms with Crippen molar-refractivity contribution in [2.75, 3.05) is 0 Å². The number of carboxylic acids is 2. The number of carbonyl (C=O) groups excluding carboxylic acids is 2. The quantitative estimate of drug-likeness (QED) is 0.246. The Bertz CT molecular complexity index is 390. The van der Waals surface area contributed by atoms with Gasteiger partial charge in [0.15, 0.2) is 0 Å². The van der Waals surface area contributed by atoms with Crippen LogP contribution in [0, 0.1) is 0 Å². The predicted octanol–water partition coefficient (Wildman–Crippen LogP) is 3.37. The van der Waals surface area contributed by atoms with Crippen molar-refractivity contribution in [1.82, 2.24) is 0 Å². The summed E-state index contributed by atoms with van der Waals surface area (Å²) in [5, 5.41) is 19.2. The molecule has 0 aromatic heterocycles. The molecule has 0 rings (SSSR count). The van der Waals surface area contributed by atoms with Crippen molar-refractivity contribution in [3.8, 4) is 0 Å². The molecule has 0 aromatic rings. The maximum atomic E-state index is 11.3. The van der Waals surface area contributed by atoms with Gasteiger partial charge in [-0.1, -0.05) is 71.1 Å². The fourth-order valence-electron chi connectivity index (χ4n) is 2.05. The van der Waals surface area contributed by atoms with Crippen molar-refractivity contribution in [1.29, 1.82) is 0 Å². The molecule has 0 aliphatic carbocycles. The molecule has 27 heavy (non-hydrogen) atoms. The molecule has 0 atom stereocenters. The molecule has 0 saturated heterocycles. The number of hydrogen-bond acceptors (Lipinski definition) is 4. The van der Waals surface area contributed by atoms with E-state index in [4.69, 9.17) is 9.90 Å². The van der Waals surface area contributed by atoms with Crippen LogP contribution in [0.15, 0.2) is 0 Å². The third-order valence-electron chi connectivity index (χ3n) is 3.60. The van der Waals surface area contributed by atoms with Crippen LogP contribution < -0.4 is 10.2 Å². The van der Waals surface area contributed by atoms with Crippen LogP contribution in [-0.2, 0) is 26.1 Å². The number of carbonyl (C=O) groups is 2. The molecule has 164 valence electrons. The van der Waals surface area contributed by atoms with Crippen LogP contribution >= 0.6 is 0 Å². The first-order valence-electron chi connectivity index (χ1n) is 8.82. The zero-order chi connectivity index (χ0) is 20.6. The van der Waals surface area contributed by atoms with E-state index in [1.54, 1.807) is 0 Å². The van der Waals surface area contributed by atoms with Gasteiger partial charge in [0, 0.05) is 5.97 Å². The fourth-order valence-corrected chi connectivity index (χ4v) is 2.05. The Balaban J connectivity index is -0.000000454. The number of unbranched alkanes of at least 4 members (excludes halogenated alkanes) is 10. The third-order valence-corrected chi connectivity index (χ3v) is 3.60. The van der Waals surface area contributed by atoms with Crippen molar-refractivity contribution in [3.63, 3.8) is 0 Å². The van der Waals surface area contributed by atoms with E-state index >= 15 is 0 Å². The number of aliphatic carboxylic acids is 2. The summed E-state index contributed by atoms with van der Waals surface area (Å²) in [4.78, 5) is 19.2.